The maximum Gasteiger partial charge on any atom is 0.285 e. The van der Waals surface area contributed by atoms with Crippen molar-refractivity contribution in [3.63, 3.8) is 0 Å². The minimum absolute atomic E-state index is 0.0582. The molecule has 0 saturated carbocycles. The molecule has 0 radical (unpaired) electrons. The number of aromatic nitrogens is 3. The Morgan fingerprint density at radius 2 is 1.77 bits per heavy atom. The molecule has 1 amide bonds. The number of sulfonamides is 1. The van der Waals surface area contributed by atoms with Crippen LogP contribution in [0, 0.1) is 0 Å². The molecule has 0 unspecified atom stereocenters. The maximum atomic E-state index is 12.4. The van der Waals surface area contributed by atoms with Crippen LogP contribution in [0.2, 0.25) is 0 Å². The molecule has 0 atom stereocenters. The lowest BCUT2D eigenvalue weighted by atomic mass is 10.0. The summed E-state index contributed by atoms with van der Waals surface area (Å²) in [6.45, 7) is 10.8. The fourth-order valence-electron chi connectivity index (χ4n) is 4.09. The Kier molecular flexibility index (Phi) is 8.36. The number of anilines is 1. The molecule has 1 aromatic carbocycles. The molecule has 3 heterocycles. The largest absolute Gasteiger partial charge is 0.506 e. The average molecular weight is 555 g/mol. The van der Waals surface area contributed by atoms with Crippen LogP contribution < -0.4 is 14.4 Å². The van der Waals surface area contributed by atoms with Gasteiger partial charge in [-0.25, -0.2) is 13.1 Å². The van der Waals surface area contributed by atoms with Crippen LogP contribution in [-0.2, 0) is 16.6 Å². The van der Waals surface area contributed by atoms with Crippen LogP contribution in [-0.4, -0.2) is 77.0 Å². The Bertz CT molecular complexity index is 1420. The summed E-state index contributed by atoms with van der Waals surface area (Å²) in [5.74, 6) is 0.700. The van der Waals surface area contributed by atoms with Gasteiger partial charge in [-0.15, -0.1) is 10.2 Å². The monoisotopic (exact) mass is 554 g/mol. The highest BCUT2D eigenvalue weighted by Crippen LogP contribution is 2.28. The normalized spacial score (nSPS) is 14.7. The fourth-order valence-corrected chi connectivity index (χ4v) is 4.74. The van der Waals surface area contributed by atoms with Gasteiger partial charge in [0.15, 0.2) is 11.5 Å². The molecule has 4 rings (SSSR count). The molecule has 0 spiro atoms. The number of rotatable bonds is 8. The van der Waals surface area contributed by atoms with Crippen LogP contribution >= 0.6 is 0 Å². The van der Waals surface area contributed by atoms with E-state index < -0.39 is 20.7 Å². The third-order valence-corrected chi connectivity index (χ3v) is 8.42. The summed E-state index contributed by atoms with van der Waals surface area (Å²) >= 11 is 0. The van der Waals surface area contributed by atoms with E-state index in [1.165, 1.54) is 33.0 Å². The van der Waals surface area contributed by atoms with E-state index in [-0.39, 0.29) is 11.4 Å². The molecule has 1 fully saturated rings. The van der Waals surface area contributed by atoms with Crippen molar-refractivity contribution in [3.8, 4) is 22.6 Å². The maximum absolute atomic E-state index is 12.4. The molecule has 3 aromatic rings. The number of amides is 1. The molecule has 2 N–H and O–H groups in total. The van der Waals surface area contributed by atoms with Crippen molar-refractivity contribution in [2.75, 3.05) is 37.7 Å². The van der Waals surface area contributed by atoms with Gasteiger partial charge in [-0.05, 0) is 75.2 Å². The minimum Gasteiger partial charge on any atom is -0.506 e. The van der Waals surface area contributed by atoms with E-state index in [1.54, 1.807) is 18.3 Å². The highest BCUT2D eigenvalue weighted by atomic mass is 32.2. The number of ether oxygens (including phenoxy) is 1. The topological polar surface area (TPSA) is 138 Å². The molecule has 1 saturated heterocycles. The van der Waals surface area contributed by atoms with E-state index in [0.717, 1.165) is 42.1 Å². The molecule has 0 bridgehead atoms. The van der Waals surface area contributed by atoms with Gasteiger partial charge in [0.05, 0.1) is 17.6 Å². The van der Waals surface area contributed by atoms with Gasteiger partial charge in [0.25, 0.3) is 5.91 Å². The van der Waals surface area contributed by atoms with Gasteiger partial charge in [-0.1, -0.05) is 0 Å². The van der Waals surface area contributed by atoms with Crippen molar-refractivity contribution in [1.82, 2.24) is 24.8 Å². The predicted octanol–water partition coefficient (Wildman–Crippen LogP) is 2.82. The zero-order chi connectivity index (χ0) is 28.2. The summed E-state index contributed by atoms with van der Waals surface area (Å²) in [5.41, 5.74) is 2.77. The first-order valence-electron chi connectivity index (χ1n) is 12.7. The molecule has 2 aromatic heterocycles. The predicted molar refractivity (Wildman–Crippen MR) is 148 cm³/mol. The number of nitrogens with zero attached hydrogens (tertiary/aromatic N) is 5. The van der Waals surface area contributed by atoms with Crippen molar-refractivity contribution >= 4 is 21.7 Å². The van der Waals surface area contributed by atoms with E-state index in [1.807, 2.05) is 19.1 Å². The highest BCUT2D eigenvalue weighted by molar-refractivity contribution is 7.91. The summed E-state index contributed by atoms with van der Waals surface area (Å²) in [6, 6.07) is 10.9. The number of pyridine rings is 1. The van der Waals surface area contributed by atoms with Crippen molar-refractivity contribution in [2.45, 2.75) is 39.0 Å². The lowest BCUT2D eigenvalue weighted by Gasteiger charge is -2.35. The highest BCUT2D eigenvalue weighted by Gasteiger charge is 2.31. The minimum atomic E-state index is -3.84. The Morgan fingerprint density at radius 3 is 2.38 bits per heavy atom. The second kappa shape index (κ2) is 11.5. The first kappa shape index (κ1) is 28.2. The molecular weight excluding hydrogens is 520 g/mol. The number of hydrogen-bond donors (Lipinski definition) is 2. The number of benzene rings is 1. The second-order valence-electron chi connectivity index (χ2n) is 10.3. The van der Waals surface area contributed by atoms with Gasteiger partial charge in [0.1, 0.15) is 11.5 Å². The van der Waals surface area contributed by atoms with Crippen LogP contribution in [0.3, 0.4) is 0 Å². The first-order valence-corrected chi connectivity index (χ1v) is 14.2. The van der Waals surface area contributed by atoms with Crippen molar-refractivity contribution < 1.29 is 23.1 Å². The van der Waals surface area contributed by atoms with Crippen molar-refractivity contribution in [2.24, 2.45) is 0 Å². The van der Waals surface area contributed by atoms with E-state index >= 15 is 0 Å². The second-order valence-corrected chi connectivity index (χ2v) is 12.8. The number of nitrogens with one attached hydrogen (secondary N) is 1. The fraction of sp³-hybridized carbons (Fsp3) is 0.407. The Morgan fingerprint density at radius 1 is 1.03 bits per heavy atom. The Labute approximate surface area is 228 Å². The van der Waals surface area contributed by atoms with Crippen molar-refractivity contribution in [3.05, 3.63) is 60.0 Å². The molecule has 39 heavy (non-hydrogen) atoms. The zero-order valence-corrected chi connectivity index (χ0v) is 23.4. The lowest BCUT2D eigenvalue weighted by Crippen LogP contribution is -2.46. The lowest BCUT2D eigenvalue weighted by molar-refractivity contribution is 0.0974. The van der Waals surface area contributed by atoms with E-state index in [4.69, 9.17) is 4.74 Å². The SMILES string of the molecule is CCOc1cc(CN2CCN(c3ccc(C(=O)NS(=O)(=O)C(C)(C)C)nn3)CC2)cc(-c2cncc(O)c2)c1. The molecule has 12 heteroatoms. The van der Waals surface area contributed by atoms with Crippen LogP contribution in [0.15, 0.2) is 48.8 Å². The Balaban J connectivity index is 1.38. The summed E-state index contributed by atoms with van der Waals surface area (Å²) in [4.78, 5) is 20.9. The number of piperazine rings is 1. The standard InChI is InChI=1S/C27H34N6O5S/c1-5-38-23-13-19(12-20(15-23)21-14-22(34)17-28-16-21)18-32-8-10-33(11-9-32)25-7-6-24(29-30-25)26(35)31-39(36,37)27(2,3)4/h6-7,12-17,34H,5,8-11,18H2,1-4H3,(H,31,35). The van der Waals surface area contributed by atoms with Crippen LogP contribution in [0.25, 0.3) is 11.1 Å². The third kappa shape index (κ3) is 7.01. The molecule has 11 nitrogen and oxygen atoms in total. The summed E-state index contributed by atoms with van der Waals surface area (Å²) in [6.07, 6.45) is 3.12. The summed E-state index contributed by atoms with van der Waals surface area (Å²) < 4.78 is 31.2. The first-order chi connectivity index (χ1) is 18.4. The number of carbonyl (C=O) groups excluding carboxylic acids is 1. The average Bonchev–Trinajstić information content (AvgIpc) is 2.88. The van der Waals surface area contributed by atoms with Gasteiger partial charge < -0.3 is 14.7 Å². The molecule has 1 aliphatic heterocycles. The molecular formula is C27H34N6O5S. The van der Waals surface area contributed by atoms with E-state index in [0.29, 0.717) is 25.5 Å². The zero-order valence-electron chi connectivity index (χ0n) is 22.6. The van der Waals surface area contributed by atoms with E-state index in [9.17, 15) is 18.3 Å². The van der Waals surface area contributed by atoms with E-state index in [2.05, 4.69) is 35.8 Å². The number of carbonyl (C=O) groups is 1. The molecule has 1 aliphatic rings. The van der Waals surface area contributed by atoms with Crippen LogP contribution in [0.5, 0.6) is 11.5 Å². The van der Waals surface area contributed by atoms with Gasteiger partial charge in [-0.2, -0.15) is 0 Å². The third-order valence-electron chi connectivity index (χ3n) is 6.35. The van der Waals surface area contributed by atoms with Crippen LogP contribution in [0.1, 0.15) is 43.7 Å². The summed E-state index contributed by atoms with van der Waals surface area (Å²) in [7, 11) is -3.84. The number of aromatic hydroxyl groups is 1. The van der Waals surface area contributed by atoms with Gasteiger partial charge >= 0.3 is 0 Å². The smallest absolute Gasteiger partial charge is 0.285 e. The van der Waals surface area contributed by atoms with Gasteiger partial charge in [0.2, 0.25) is 10.0 Å². The van der Waals surface area contributed by atoms with Gasteiger partial charge in [0, 0.05) is 44.5 Å². The summed E-state index contributed by atoms with van der Waals surface area (Å²) in [5, 5.41) is 18.0. The number of hydrogen-bond acceptors (Lipinski definition) is 10. The molecule has 0 aliphatic carbocycles. The molecule has 208 valence electrons. The Hall–Kier alpha value is -3.77. The quantitative estimate of drug-likeness (QED) is 0.427. The van der Waals surface area contributed by atoms with Gasteiger partial charge in [-0.3, -0.25) is 14.7 Å². The van der Waals surface area contributed by atoms with Crippen LogP contribution in [0.4, 0.5) is 5.82 Å². The van der Waals surface area contributed by atoms with Crippen molar-refractivity contribution in [1.29, 1.82) is 0 Å².